The van der Waals surface area contributed by atoms with E-state index in [9.17, 15) is 9.90 Å². The second kappa shape index (κ2) is 8.00. The normalized spacial score (nSPS) is 17.9. The number of hydrogen-bond donors (Lipinski definition) is 2. The molecule has 6 nitrogen and oxygen atoms in total. The molecule has 2 aromatic rings. The summed E-state index contributed by atoms with van der Waals surface area (Å²) < 4.78 is 0. The molecule has 1 saturated heterocycles. The van der Waals surface area contributed by atoms with E-state index in [0.717, 1.165) is 23.9 Å². The van der Waals surface area contributed by atoms with Crippen molar-refractivity contribution in [1.29, 1.82) is 0 Å². The van der Waals surface area contributed by atoms with Crippen LogP contribution >= 0.6 is 11.3 Å². The number of nitrogens with zero attached hydrogens (tertiary/aromatic N) is 3. The van der Waals surface area contributed by atoms with Gasteiger partial charge in [0.15, 0.2) is 5.13 Å². The van der Waals surface area contributed by atoms with Crippen LogP contribution in [0.15, 0.2) is 29.6 Å². The van der Waals surface area contributed by atoms with Gasteiger partial charge in [-0.05, 0) is 19.1 Å². The van der Waals surface area contributed by atoms with Crippen LogP contribution in [-0.4, -0.2) is 54.8 Å². The number of rotatable bonds is 4. The van der Waals surface area contributed by atoms with Crippen molar-refractivity contribution in [1.82, 2.24) is 9.88 Å². The Balaban J connectivity index is 1.59. The van der Waals surface area contributed by atoms with E-state index < -0.39 is 8.07 Å². The number of carbonyl (C=O) groups is 1. The van der Waals surface area contributed by atoms with Crippen LogP contribution in [0.5, 0.6) is 0 Å². The molecule has 0 bridgehead atoms. The number of aliphatic hydroxyl groups is 1. The highest BCUT2D eigenvalue weighted by Crippen LogP contribution is 2.24. The van der Waals surface area contributed by atoms with Crippen LogP contribution in [0.1, 0.15) is 12.6 Å². The van der Waals surface area contributed by atoms with Gasteiger partial charge >= 0.3 is 6.03 Å². The van der Waals surface area contributed by atoms with E-state index in [1.54, 1.807) is 0 Å². The van der Waals surface area contributed by atoms with Gasteiger partial charge in [0.25, 0.3) is 0 Å². The molecule has 2 N–H and O–H groups in total. The van der Waals surface area contributed by atoms with Crippen LogP contribution in [-0.2, 0) is 6.61 Å². The molecule has 1 aromatic carbocycles. The minimum Gasteiger partial charge on any atom is -0.390 e. The summed E-state index contributed by atoms with van der Waals surface area (Å²) in [5, 5.41) is 16.4. The van der Waals surface area contributed by atoms with Crippen LogP contribution in [0, 0.1) is 0 Å². The van der Waals surface area contributed by atoms with E-state index in [0.29, 0.717) is 12.2 Å². The van der Waals surface area contributed by atoms with Crippen molar-refractivity contribution in [3.05, 3.63) is 35.3 Å². The minimum atomic E-state index is -1.33. The standard InChI is InChI=1S/C19H28N4O2SSi/c1-14-11-22(19-21-16(12-24)13-26-19)9-10-23(14)18(25)20-15-5-7-17(8-6-15)27(2,3)4/h5-8,13-14,24H,9-12H2,1-4H3,(H,20,25). The van der Waals surface area contributed by atoms with Crippen LogP contribution < -0.4 is 15.4 Å². The summed E-state index contributed by atoms with van der Waals surface area (Å²) in [7, 11) is -1.33. The number of hydrogen-bond acceptors (Lipinski definition) is 5. The van der Waals surface area contributed by atoms with Gasteiger partial charge in [-0.2, -0.15) is 0 Å². The first-order chi connectivity index (χ1) is 12.8. The van der Waals surface area contributed by atoms with E-state index in [4.69, 9.17) is 0 Å². The number of aliphatic hydroxyl groups excluding tert-OH is 1. The average molecular weight is 405 g/mol. The van der Waals surface area contributed by atoms with Crippen molar-refractivity contribution in [2.45, 2.75) is 39.2 Å². The number of carbonyl (C=O) groups excluding carboxylic acids is 1. The second-order valence-electron chi connectivity index (χ2n) is 8.03. The number of benzene rings is 1. The lowest BCUT2D eigenvalue weighted by molar-refractivity contribution is 0.185. The zero-order valence-corrected chi connectivity index (χ0v) is 18.2. The summed E-state index contributed by atoms with van der Waals surface area (Å²) in [5.41, 5.74) is 1.54. The fraction of sp³-hybridized carbons (Fsp3) is 0.474. The number of amides is 2. The first-order valence-electron chi connectivity index (χ1n) is 9.26. The second-order valence-corrected chi connectivity index (χ2v) is 13.9. The van der Waals surface area contributed by atoms with Gasteiger partial charge < -0.3 is 20.2 Å². The molecule has 8 heteroatoms. The van der Waals surface area contributed by atoms with Gasteiger partial charge in [-0.1, -0.05) is 37.0 Å². The number of anilines is 2. The molecule has 27 heavy (non-hydrogen) atoms. The third-order valence-corrected chi connectivity index (χ3v) is 7.88. The van der Waals surface area contributed by atoms with E-state index in [1.165, 1.54) is 16.5 Å². The molecule has 1 unspecified atom stereocenters. The number of aromatic nitrogens is 1. The fourth-order valence-electron chi connectivity index (χ4n) is 3.20. The molecule has 1 aliphatic heterocycles. The lowest BCUT2D eigenvalue weighted by Crippen LogP contribution is -2.55. The molecule has 0 radical (unpaired) electrons. The molecule has 1 atom stereocenters. The molecule has 0 aliphatic carbocycles. The Morgan fingerprint density at radius 1 is 1.30 bits per heavy atom. The largest absolute Gasteiger partial charge is 0.390 e. The Morgan fingerprint density at radius 3 is 2.56 bits per heavy atom. The van der Waals surface area contributed by atoms with E-state index in [-0.39, 0.29) is 18.7 Å². The monoisotopic (exact) mass is 404 g/mol. The third kappa shape index (κ3) is 4.69. The molecule has 1 aliphatic rings. The molecule has 0 saturated carbocycles. The number of piperazine rings is 1. The predicted octanol–water partition coefficient (Wildman–Crippen LogP) is 2.92. The number of nitrogens with one attached hydrogen (secondary N) is 1. The highest BCUT2D eigenvalue weighted by Gasteiger charge is 2.29. The first kappa shape index (κ1) is 19.8. The Bertz CT molecular complexity index is 788. The molecule has 3 rings (SSSR count). The molecule has 2 heterocycles. The number of urea groups is 1. The maximum absolute atomic E-state index is 12.7. The zero-order chi connectivity index (χ0) is 19.6. The van der Waals surface area contributed by atoms with Crippen molar-refractivity contribution in [3.63, 3.8) is 0 Å². The zero-order valence-electron chi connectivity index (χ0n) is 16.4. The Morgan fingerprint density at radius 2 is 2.00 bits per heavy atom. The average Bonchev–Trinajstić information content (AvgIpc) is 3.10. The summed E-state index contributed by atoms with van der Waals surface area (Å²) in [5.74, 6) is 0. The number of thiazole rings is 1. The summed E-state index contributed by atoms with van der Waals surface area (Å²) in [6.45, 7) is 11.1. The van der Waals surface area contributed by atoms with Crippen molar-refractivity contribution in [3.8, 4) is 0 Å². The van der Waals surface area contributed by atoms with E-state index in [2.05, 4.69) is 53.9 Å². The topological polar surface area (TPSA) is 68.7 Å². The SMILES string of the molecule is CC1CN(c2nc(CO)cs2)CCN1C(=O)Nc1ccc([Si](C)(C)C)cc1. The molecular weight excluding hydrogens is 376 g/mol. The smallest absolute Gasteiger partial charge is 0.322 e. The Kier molecular flexibility index (Phi) is 5.88. The van der Waals surface area contributed by atoms with Gasteiger partial charge in [0.2, 0.25) is 0 Å². The van der Waals surface area contributed by atoms with Crippen molar-refractivity contribution in [2.24, 2.45) is 0 Å². The third-order valence-electron chi connectivity index (χ3n) is 4.86. The van der Waals surface area contributed by atoms with Gasteiger partial charge in [-0.3, -0.25) is 0 Å². The summed E-state index contributed by atoms with van der Waals surface area (Å²) in [6.07, 6.45) is 0. The Hall–Kier alpha value is -1.90. The van der Waals surface area contributed by atoms with Crippen LogP contribution in [0.4, 0.5) is 15.6 Å². The molecule has 1 aromatic heterocycles. The van der Waals surface area contributed by atoms with Gasteiger partial charge in [0, 0.05) is 36.7 Å². The molecular formula is C19H28N4O2SSi. The maximum atomic E-state index is 12.7. The van der Waals surface area contributed by atoms with Gasteiger partial charge in [-0.15, -0.1) is 11.3 Å². The minimum absolute atomic E-state index is 0.0368. The van der Waals surface area contributed by atoms with E-state index >= 15 is 0 Å². The van der Waals surface area contributed by atoms with Crippen LogP contribution in [0.2, 0.25) is 19.6 Å². The molecule has 0 spiro atoms. The lowest BCUT2D eigenvalue weighted by Gasteiger charge is -2.39. The van der Waals surface area contributed by atoms with Gasteiger partial charge in [0.1, 0.15) is 0 Å². The highest BCUT2D eigenvalue weighted by molar-refractivity contribution is 7.13. The highest BCUT2D eigenvalue weighted by atomic mass is 32.1. The quantitative estimate of drug-likeness (QED) is 0.769. The molecule has 1 fully saturated rings. The van der Waals surface area contributed by atoms with Crippen molar-refractivity contribution >= 4 is 41.4 Å². The van der Waals surface area contributed by atoms with E-state index in [1.807, 2.05) is 22.4 Å². The maximum Gasteiger partial charge on any atom is 0.322 e. The van der Waals surface area contributed by atoms with Crippen molar-refractivity contribution < 1.29 is 9.90 Å². The fourth-order valence-corrected chi connectivity index (χ4v) is 5.22. The predicted molar refractivity (Wildman–Crippen MR) is 115 cm³/mol. The lowest BCUT2D eigenvalue weighted by atomic mass is 10.2. The first-order valence-corrected chi connectivity index (χ1v) is 13.6. The van der Waals surface area contributed by atoms with Crippen molar-refractivity contribution in [2.75, 3.05) is 29.9 Å². The van der Waals surface area contributed by atoms with Gasteiger partial charge in [-0.25, -0.2) is 9.78 Å². The van der Waals surface area contributed by atoms with Crippen LogP contribution in [0.3, 0.4) is 0 Å². The van der Waals surface area contributed by atoms with Gasteiger partial charge in [0.05, 0.1) is 20.4 Å². The molecule has 2 amide bonds. The van der Waals surface area contributed by atoms with Crippen LogP contribution in [0.25, 0.3) is 0 Å². The summed E-state index contributed by atoms with van der Waals surface area (Å²) in [4.78, 5) is 21.2. The summed E-state index contributed by atoms with van der Waals surface area (Å²) >= 11 is 1.54. The molecule has 146 valence electrons. The Labute approximate surface area is 165 Å². The summed E-state index contributed by atoms with van der Waals surface area (Å²) in [6, 6.07) is 8.28.